The van der Waals surface area contributed by atoms with E-state index in [2.05, 4.69) is 103 Å². The highest BCUT2D eigenvalue weighted by atomic mass is 35.5. The van der Waals surface area contributed by atoms with Crippen molar-refractivity contribution in [2.75, 3.05) is 42.3 Å². The molecule has 31 heavy (non-hydrogen) atoms. The molecule has 1 aliphatic heterocycles. The molecule has 0 unspecified atom stereocenters. The van der Waals surface area contributed by atoms with E-state index in [9.17, 15) is 9.59 Å². The summed E-state index contributed by atoms with van der Waals surface area (Å²) in [4.78, 5) is 20.7. The number of halogens is 2. The molecule has 1 fully saturated rings. The number of benzene rings is 2. The van der Waals surface area contributed by atoms with Crippen molar-refractivity contribution in [2.45, 2.75) is 25.9 Å². The summed E-state index contributed by atoms with van der Waals surface area (Å²) in [7, 11) is 13.2. The second kappa shape index (κ2) is 13.5. The summed E-state index contributed by atoms with van der Waals surface area (Å²) in [5, 5.41) is 0. The Morgan fingerprint density at radius 1 is 0.677 bits per heavy atom. The zero-order valence-electron chi connectivity index (χ0n) is 19.5. The molecule has 0 N–H and O–H groups in total. The van der Waals surface area contributed by atoms with Gasteiger partial charge in [-0.3, -0.25) is 9.59 Å². The smallest absolute Gasteiger partial charge is 0.244 e. The van der Waals surface area contributed by atoms with Gasteiger partial charge in [0.15, 0.2) is 0 Å². The van der Waals surface area contributed by atoms with Crippen molar-refractivity contribution in [3.63, 3.8) is 0 Å². The lowest BCUT2D eigenvalue weighted by atomic mass is 10.2. The number of rotatable bonds is 4. The third-order valence-electron chi connectivity index (χ3n) is 3.99. The monoisotopic (exact) mass is 469 g/mol. The Labute approximate surface area is 198 Å². The van der Waals surface area contributed by atoms with Gasteiger partial charge in [-0.1, -0.05) is 60.7 Å². The predicted molar refractivity (Wildman–Crippen MR) is 131 cm³/mol. The molecule has 2 aromatic rings. The molecule has 0 spiro atoms. The van der Waals surface area contributed by atoms with Gasteiger partial charge >= 0.3 is 0 Å². The van der Waals surface area contributed by atoms with Crippen LogP contribution in [0, 0.1) is 0 Å². The topological polar surface area (TPSA) is 37.4 Å². The number of hydrogen-bond donors (Lipinski definition) is 0. The summed E-state index contributed by atoms with van der Waals surface area (Å²) in [6, 6.07) is 21.1. The quantitative estimate of drug-likeness (QED) is 0.375. The van der Waals surface area contributed by atoms with Crippen molar-refractivity contribution < 1.29 is 18.6 Å². The molecule has 0 atom stereocenters. The third-order valence-corrected chi connectivity index (χ3v) is 4.37. The molecule has 7 heteroatoms. The van der Waals surface area contributed by atoms with Crippen LogP contribution in [0.15, 0.2) is 60.7 Å². The maximum absolute atomic E-state index is 10.4. The van der Waals surface area contributed by atoms with Gasteiger partial charge in [-0.2, -0.15) is 4.42 Å². The van der Waals surface area contributed by atoms with Crippen LogP contribution in [0.2, 0.25) is 0 Å². The Kier molecular flexibility index (Phi) is 12.6. The Morgan fingerprint density at radius 3 is 1.16 bits per heavy atom. The van der Waals surface area contributed by atoms with Gasteiger partial charge in [0.1, 0.15) is 13.1 Å². The second-order valence-corrected chi connectivity index (χ2v) is 9.77. The number of imide groups is 1. The van der Waals surface area contributed by atoms with Crippen molar-refractivity contribution in [1.29, 1.82) is 0 Å². The number of quaternary nitrogens is 2. The SMILES string of the molecule is C[N+](C)(C)Cc1ccccc1.C[N+](C)(C)Cc1ccccc1.Cl.O=C1CCC(=O)N1Cl. The molecule has 172 valence electrons. The molecule has 1 aliphatic rings. The fourth-order valence-electron chi connectivity index (χ4n) is 2.81. The van der Waals surface area contributed by atoms with Crippen molar-refractivity contribution in [1.82, 2.24) is 4.42 Å². The van der Waals surface area contributed by atoms with Gasteiger partial charge in [-0.15, -0.1) is 12.4 Å². The van der Waals surface area contributed by atoms with E-state index in [1.54, 1.807) is 0 Å². The lowest BCUT2D eigenvalue weighted by Gasteiger charge is -2.23. The van der Waals surface area contributed by atoms with E-state index in [4.69, 9.17) is 11.8 Å². The van der Waals surface area contributed by atoms with E-state index in [-0.39, 0.29) is 37.1 Å². The molecule has 3 rings (SSSR count). The van der Waals surface area contributed by atoms with E-state index in [1.165, 1.54) is 11.1 Å². The minimum atomic E-state index is -0.295. The molecule has 2 aromatic carbocycles. The minimum Gasteiger partial charge on any atom is -0.327 e. The summed E-state index contributed by atoms with van der Waals surface area (Å²) < 4.78 is 2.62. The predicted octanol–water partition coefficient (Wildman–Crippen LogP) is 4.50. The highest BCUT2D eigenvalue weighted by Gasteiger charge is 2.26. The summed E-state index contributed by atoms with van der Waals surface area (Å²) in [5.74, 6) is -0.590. The van der Waals surface area contributed by atoms with Gasteiger partial charge in [0.25, 0.3) is 0 Å². The van der Waals surface area contributed by atoms with Crippen LogP contribution in [-0.2, 0) is 22.7 Å². The highest BCUT2D eigenvalue weighted by Crippen LogP contribution is 2.12. The largest absolute Gasteiger partial charge is 0.327 e. The van der Waals surface area contributed by atoms with Crippen LogP contribution >= 0.6 is 24.2 Å². The van der Waals surface area contributed by atoms with Gasteiger partial charge in [-0.25, -0.2) is 0 Å². The molecule has 0 bridgehead atoms. The van der Waals surface area contributed by atoms with Crippen LogP contribution in [-0.4, -0.2) is 67.5 Å². The molecular weight excluding hydrogens is 433 g/mol. The van der Waals surface area contributed by atoms with Gasteiger partial charge in [0, 0.05) is 35.7 Å². The van der Waals surface area contributed by atoms with Crippen LogP contribution in [0.5, 0.6) is 0 Å². The number of carbonyl (C=O) groups is 2. The zero-order valence-corrected chi connectivity index (χ0v) is 21.1. The average molecular weight is 470 g/mol. The number of hydrogen-bond acceptors (Lipinski definition) is 2. The molecule has 0 aromatic heterocycles. The number of nitrogens with zero attached hydrogens (tertiary/aromatic N) is 3. The van der Waals surface area contributed by atoms with Crippen LogP contribution in [0.4, 0.5) is 0 Å². The van der Waals surface area contributed by atoms with Crippen LogP contribution in [0.3, 0.4) is 0 Å². The molecule has 0 radical (unpaired) electrons. The first kappa shape index (κ1) is 29.1. The van der Waals surface area contributed by atoms with Crippen molar-refractivity contribution in [3.05, 3.63) is 71.8 Å². The number of carbonyl (C=O) groups excluding carboxylic acids is 2. The van der Waals surface area contributed by atoms with E-state index in [1.807, 2.05) is 0 Å². The first-order chi connectivity index (χ1) is 13.9. The Hall–Kier alpha value is -1.92. The fourth-order valence-corrected chi connectivity index (χ4v) is 2.98. The molecule has 5 nitrogen and oxygen atoms in total. The van der Waals surface area contributed by atoms with E-state index < -0.39 is 0 Å². The summed E-state index contributed by atoms with van der Waals surface area (Å²) in [6.07, 6.45) is 0.532. The molecule has 2 amide bonds. The lowest BCUT2D eigenvalue weighted by molar-refractivity contribution is -0.884. The first-order valence-corrected chi connectivity index (χ1v) is 10.4. The molecule has 0 aliphatic carbocycles. The maximum Gasteiger partial charge on any atom is 0.244 e. The Balaban J connectivity index is 0.000000434. The zero-order chi connectivity index (χ0) is 22.8. The van der Waals surface area contributed by atoms with Crippen molar-refractivity contribution in [2.24, 2.45) is 0 Å². The van der Waals surface area contributed by atoms with Gasteiger partial charge < -0.3 is 8.97 Å². The number of amides is 2. The maximum atomic E-state index is 10.4. The van der Waals surface area contributed by atoms with Gasteiger partial charge in [0.2, 0.25) is 11.8 Å². The summed E-state index contributed by atoms with van der Waals surface area (Å²) >= 11 is 5.15. The molecular formula is C24H37Cl2N3O2+2. The van der Waals surface area contributed by atoms with Crippen LogP contribution in [0.1, 0.15) is 24.0 Å². The first-order valence-electron chi connectivity index (χ1n) is 10.1. The van der Waals surface area contributed by atoms with Gasteiger partial charge in [-0.05, 0) is 0 Å². The van der Waals surface area contributed by atoms with Crippen molar-refractivity contribution in [3.8, 4) is 0 Å². The third kappa shape index (κ3) is 13.9. The van der Waals surface area contributed by atoms with Crippen LogP contribution < -0.4 is 0 Å². The van der Waals surface area contributed by atoms with E-state index in [0.29, 0.717) is 4.42 Å². The summed E-state index contributed by atoms with van der Waals surface area (Å²) in [5.41, 5.74) is 2.81. The minimum absolute atomic E-state index is 0. The summed E-state index contributed by atoms with van der Waals surface area (Å²) in [6.45, 7) is 2.20. The Morgan fingerprint density at radius 2 is 0.968 bits per heavy atom. The normalized spacial score (nSPS) is 13.5. The van der Waals surface area contributed by atoms with E-state index in [0.717, 1.165) is 22.1 Å². The average Bonchev–Trinajstić information content (AvgIpc) is 2.93. The molecule has 1 saturated heterocycles. The van der Waals surface area contributed by atoms with E-state index >= 15 is 0 Å². The lowest BCUT2D eigenvalue weighted by Crippen LogP contribution is -2.33. The fraction of sp³-hybridized carbons (Fsp3) is 0.417. The second-order valence-electron chi connectivity index (χ2n) is 9.44. The Bertz CT molecular complexity index is 718. The van der Waals surface area contributed by atoms with Crippen LogP contribution in [0.25, 0.3) is 0 Å². The highest BCUT2D eigenvalue weighted by molar-refractivity contribution is 6.32. The molecule has 1 heterocycles. The van der Waals surface area contributed by atoms with Gasteiger partial charge in [0.05, 0.1) is 42.3 Å². The molecule has 0 saturated carbocycles. The standard InChI is InChI=1S/2C10H16N.C4H4ClNO2.ClH/c2*1-11(2,3)9-10-7-5-4-6-8-10;5-6-3(7)1-2-4(6)8;/h2*4-8H,9H2,1-3H3;1-2H2;1H/q2*+1;;. The van der Waals surface area contributed by atoms with Crippen molar-refractivity contribution >= 4 is 36.0 Å².